The molecule has 1 aliphatic heterocycles. The van der Waals surface area contributed by atoms with Gasteiger partial charge in [-0.1, -0.05) is 91.1 Å². The summed E-state index contributed by atoms with van der Waals surface area (Å²) < 4.78 is 4.77. The first-order chi connectivity index (χ1) is 11.8. The highest BCUT2D eigenvalue weighted by Crippen LogP contribution is 2.19. The Morgan fingerprint density at radius 3 is 2.00 bits per heavy atom. The second-order valence-electron chi connectivity index (χ2n) is 5.64. The molecule has 0 radical (unpaired) electrons. The van der Waals surface area contributed by atoms with Gasteiger partial charge in [0.15, 0.2) is 0 Å². The third-order valence-corrected chi connectivity index (χ3v) is 4.06. The fraction of sp³-hybridized carbons (Fsp3) is 0.682. The fourth-order valence-corrected chi connectivity index (χ4v) is 2.43. The summed E-state index contributed by atoms with van der Waals surface area (Å²) in [7, 11) is 1.46. The highest BCUT2D eigenvalue weighted by Gasteiger charge is 2.28. The van der Waals surface area contributed by atoms with Gasteiger partial charge < -0.3 is 4.74 Å². The van der Waals surface area contributed by atoms with Crippen molar-refractivity contribution in [2.24, 2.45) is 5.92 Å². The van der Waals surface area contributed by atoms with Crippen LogP contribution in [0.1, 0.15) is 72.8 Å². The molecule has 1 saturated heterocycles. The van der Waals surface area contributed by atoms with Crippen LogP contribution in [0.2, 0.25) is 0 Å². The number of hydrogen-bond donors (Lipinski definition) is 0. The van der Waals surface area contributed by atoms with Gasteiger partial charge in [0.2, 0.25) is 0 Å². The summed E-state index contributed by atoms with van der Waals surface area (Å²) in [4.78, 5) is 13.7. The first kappa shape index (κ1) is 25.9. The number of likely N-dealkylation sites (tertiary alicyclic amines) is 1. The number of carbonyl (C=O) groups is 1. The van der Waals surface area contributed by atoms with Crippen LogP contribution in [-0.2, 0) is 16.1 Å². The molecule has 0 amide bonds. The quantitative estimate of drug-likeness (QED) is 0.632. The number of methoxy groups -OCH3 is 1. The molecule has 25 heavy (non-hydrogen) atoms. The zero-order valence-corrected chi connectivity index (χ0v) is 16.4. The highest BCUT2D eigenvalue weighted by molar-refractivity contribution is 5.72. The maximum absolute atomic E-state index is 11.4. The molecule has 1 atom stereocenters. The van der Waals surface area contributed by atoms with Crippen molar-refractivity contribution < 1.29 is 9.53 Å². The van der Waals surface area contributed by atoms with E-state index < -0.39 is 0 Å². The molecular formula is C22H41NO2. The van der Waals surface area contributed by atoms with Crippen molar-refractivity contribution in [1.82, 2.24) is 4.90 Å². The largest absolute Gasteiger partial charge is 0.469 e. The van der Waals surface area contributed by atoms with Gasteiger partial charge in [0.25, 0.3) is 0 Å². The van der Waals surface area contributed by atoms with Crippen LogP contribution in [0.3, 0.4) is 0 Å². The normalized spacial score (nSPS) is 17.7. The topological polar surface area (TPSA) is 29.5 Å². The first-order valence-electron chi connectivity index (χ1n) is 9.63. The number of esters is 1. The smallest absolute Gasteiger partial charge is 0.310 e. The van der Waals surface area contributed by atoms with Crippen molar-refractivity contribution in [3.63, 3.8) is 0 Å². The molecule has 3 nitrogen and oxygen atoms in total. The summed E-state index contributed by atoms with van der Waals surface area (Å²) in [5, 5.41) is 0. The van der Waals surface area contributed by atoms with E-state index in [1.807, 2.05) is 45.9 Å². The number of carbonyl (C=O) groups excluding carboxylic acids is 1. The molecule has 1 heterocycles. The van der Waals surface area contributed by atoms with Crippen molar-refractivity contribution in [2.45, 2.75) is 73.8 Å². The SMILES string of the molecule is C.C1CCC1.CC.CC.COC(=O)[C@@H]1CCN(Cc2ccccc2)C1. The Balaban J connectivity index is 0. The van der Waals surface area contributed by atoms with Crippen molar-refractivity contribution in [1.29, 1.82) is 0 Å². The average Bonchev–Trinajstić information content (AvgIpc) is 3.06. The minimum Gasteiger partial charge on any atom is -0.469 e. The Morgan fingerprint density at radius 2 is 1.56 bits per heavy atom. The zero-order valence-electron chi connectivity index (χ0n) is 16.4. The maximum Gasteiger partial charge on any atom is 0.310 e. The molecule has 0 aromatic heterocycles. The van der Waals surface area contributed by atoms with Crippen molar-refractivity contribution in [2.75, 3.05) is 20.2 Å². The van der Waals surface area contributed by atoms with E-state index in [0.717, 1.165) is 26.1 Å². The van der Waals surface area contributed by atoms with Gasteiger partial charge in [-0.15, -0.1) is 0 Å². The lowest BCUT2D eigenvalue weighted by Crippen LogP contribution is -2.23. The van der Waals surface area contributed by atoms with Gasteiger partial charge in [-0.2, -0.15) is 0 Å². The summed E-state index contributed by atoms with van der Waals surface area (Å²) in [5.41, 5.74) is 1.30. The fourth-order valence-electron chi connectivity index (χ4n) is 2.43. The predicted molar refractivity (Wildman–Crippen MR) is 110 cm³/mol. The van der Waals surface area contributed by atoms with E-state index in [9.17, 15) is 4.79 Å². The molecule has 3 heteroatoms. The third-order valence-electron chi connectivity index (χ3n) is 4.06. The Morgan fingerprint density at radius 1 is 1.04 bits per heavy atom. The second-order valence-corrected chi connectivity index (χ2v) is 5.64. The zero-order chi connectivity index (χ0) is 18.2. The second kappa shape index (κ2) is 17.5. The summed E-state index contributed by atoms with van der Waals surface area (Å²) in [6.45, 7) is 10.7. The van der Waals surface area contributed by atoms with E-state index in [-0.39, 0.29) is 19.3 Å². The number of rotatable bonds is 3. The van der Waals surface area contributed by atoms with E-state index in [4.69, 9.17) is 4.74 Å². The van der Waals surface area contributed by atoms with Crippen LogP contribution in [0, 0.1) is 5.92 Å². The van der Waals surface area contributed by atoms with Crippen LogP contribution >= 0.6 is 0 Å². The number of benzene rings is 1. The Bertz CT molecular complexity index is 398. The monoisotopic (exact) mass is 351 g/mol. The molecule has 0 bridgehead atoms. The van der Waals surface area contributed by atoms with E-state index in [1.165, 1.54) is 38.4 Å². The molecule has 1 aliphatic carbocycles. The van der Waals surface area contributed by atoms with Gasteiger partial charge in [-0.25, -0.2) is 0 Å². The lowest BCUT2D eigenvalue weighted by Gasteiger charge is -2.15. The summed E-state index contributed by atoms with van der Waals surface area (Å²) >= 11 is 0. The molecule has 0 N–H and O–H groups in total. The Kier molecular flexibility index (Phi) is 18.1. The van der Waals surface area contributed by atoms with E-state index in [0.29, 0.717) is 0 Å². The summed E-state index contributed by atoms with van der Waals surface area (Å²) in [5.74, 6) is -0.00993. The van der Waals surface area contributed by atoms with Crippen LogP contribution in [0.4, 0.5) is 0 Å². The van der Waals surface area contributed by atoms with Gasteiger partial charge in [0.05, 0.1) is 13.0 Å². The highest BCUT2D eigenvalue weighted by atomic mass is 16.5. The van der Waals surface area contributed by atoms with E-state index in [1.54, 1.807) is 0 Å². The lowest BCUT2D eigenvalue weighted by atomic mass is 10.0. The first-order valence-corrected chi connectivity index (χ1v) is 9.63. The van der Waals surface area contributed by atoms with Crippen molar-refractivity contribution in [3.05, 3.63) is 35.9 Å². The number of ether oxygens (including phenoxy) is 1. The van der Waals surface area contributed by atoms with Crippen LogP contribution < -0.4 is 0 Å². The van der Waals surface area contributed by atoms with Gasteiger partial charge in [0, 0.05) is 13.1 Å². The molecular weight excluding hydrogens is 310 g/mol. The molecule has 0 spiro atoms. The van der Waals surface area contributed by atoms with Gasteiger partial charge in [-0.3, -0.25) is 9.69 Å². The van der Waals surface area contributed by atoms with Crippen molar-refractivity contribution >= 4 is 5.97 Å². The summed E-state index contributed by atoms with van der Waals surface area (Å²) in [6, 6.07) is 10.3. The average molecular weight is 352 g/mol. The minimum absolute atomic E-state index is 0. The van der Waals surface area contributed by atoms with Gasteiger partial charge in [-0.05, 0) is 18.5 Å². The third kappa shape index (κ3) is 11.0. The molecule has 3 rings (SSSR count). The maximum atomic E-state index is 11.4. The molecule has 1 aromatic carbocycles. The van der Waals surface area contributed by atoms with Crippen LogP contribution in [-0.4, -0.2) is 31.1 Å². The van der Waals surface area contributed by atoms with E-state index in [2.05, 4.69) is 17.0 Å². The van der Waals surface area contributed by atoms with Gasteiger partial charge >= 0.3 is 5.97 Å². The molecule has 1 aromatic rings. The molecule has 1 saturated carbocycles. The molecule has 2 aliphatic rings. The van der Waals surface area contributed by atoms with Crippen molar-refractivity contribution in [3.8, 4) is 0 Å². The van der Waals surface area contributed by atoms with Gasteiger partial charge in [0.1, 0.15) is 0 Å². The summed E-state index contributed by atoms with van der Waals surface area (Å²) in [6.07, 6.45) is 6.92. The number of nitrogens with zero attached hydrogens (tertiary/aromatic N) is 1. The molecule has 146 valence electrons. The van der Waals surface area contributed by atoms with Crippen LogP contribution in [0.15, 0.2) is 30.3 Å². The van der Waals surface area contributed by atoms with Crippen LogP contribution in [0.5, 0.6) is 0 Å². The Hall–Kier alpha value is -1.35. The Labute approximate surface area is 156 Å². The lowest BCUT2D eigenvalue weighted by molar-refractivity contribution is -0.144. The molecule has 2 fully saturated rings. The minimum atomic E-state index is -0.0736. The predicted octanol–water partition coefficient (Wildman–Crippen LogP) is 5.93. The molecule has 0 unspecified atom stereocenters. The number of hydrogen-bond acceptors (Lipinski definition) is 3. The van der Waals surface area contributed by atoms with E-state index >= 15 is 0 Å². The van der Waals surface area contributed by atoms with Crippen LogP contribution in [0.25, 0.3) is 0 Å². The standard InChI is InChI=1S/C13H17NO2.C4H8.2C2H6.CH4/c1-16-13(15)12-7-8-14(10-12)9-11-5-3-2-4-6-11;1-2-4-3-1;2*1-2;/h2-6,12H,7-10H2,1H3;1-4H2;2*1-2H3;1H4/t12-;;;;/m1..../s1.